The van der Waals surface area contributed by atoms with E-state index in [9.17, 15) is 13.2 Å². The van der Waals surface area contributed by atoms with Crippen LogP contribution in [0, 0.1) is 0 Å². The third-order valence-corrected chi connectivity index (χ3v) is 4.91. The van der Waals surface area contributed by atoms with Crippen LogP contribution in [0.25, 0.3) is 4.96 Å². The number of carbonyl (C=O) groups is 1. The zero-order valence-corrected chi connectivity index (χ0v) is 13.3. The maximum atomic E-state index is 12.0. The molecule has 1 aromatic carbocycles. The van der Waals surface area contributed by atoms with Crippen molar-refractivity contribution in [2.75, 3.05) is 11.6 Å². The van der Waals surface area contributed by atoms with E-state index in [2.05, 4.69) is 10.3 Å². The van der Waals surface area contributed by atoms with Crippen LogP contribution in [-0.2, 0) is 21.1 Å². The number of hydrogen-bond donors (Lipinski definition) is 1. The summed E-state index contributed by atoms with van der Waals surface area (Å²) in [6.45, 7) is 0. The number of benzene rings is 1. The highest BCUT2D eigenvalue weighted by molar-refractivity contribution is 7.90. The maximum Gasteiger partial charge on any atom is 0.230 e. The first kappa shape index (κ1) is 14.7. The van der Waals surface area contributed by atoms with Gasteiger partial charge in [0, 0.05) is 29.7 Å². The summed E-state index contributed by atoms with van der Waals surface area (Å²) in [6.07, 6.45) is 4.95. The van der Waals surface area contributed by atoms with Gasteiger partial charge in [0.1, 0.15) is 0 Å². The van der Waals surface area contributed by atoms with Crippen molar-refractivity contribution in [2.45, 2.75) is 11.3 Å². The van der Waals surface area contributed by atoms with Crippen molar-refractivity contribution in [1.29, 1.82) is 0 Å². The van der Waals surface area contributed by atoms with Crippen molar-refractivity contribution < 1.29 is 13.2 Å². The molecule has 0 unspecified atom stereocenters. The van der Waals surface area contributed by atoms with Crippen LogP contribution in [0.15, 0.2) is 46.9 Å². The van der Waals surface area contributed by atoms with Crippen molar-refractivity contribution in [3.8, 4) is 0 Å². The Kier molecular flexibility index (Phi) is 3.71. The summed E-state index contributed by atoms with van der Waals surface area (Å²) in [4.78, 5) is 17.4. The van der Waals surface area contributed by atoms with E-state index >= 15 is 0 Å². The Balaban J connectivity index is 1.73. The molecule has 6 nitrogen and oxygen atoms in total. The van der Waals surface area contributed by atoms with Crippen molar-refractivity contribution in [2.24, 2.45) is 0 Å². The molecule has 0 atom stereocenters. The van der Waals surface area contributed by atoms with E-state index in [0.29, 0.717) is 11.4 Å². The molecule has 0 spiro atoms. The number of anilines is 1. The number of thiazole rings is 1. The second-order valence-electron chi connectivity index (χ2n) is 4.85. The summed E-state index contributed by atoms with van der Waals surface area (Å²) in [6, 6.07) is 6.18. The van der Waals surface area contributed by atoms with Crippen LogP contribution < -0.4 is 5.32 Å². The molecule has 0 radical (unpaired) electrons. The molecule has 0 saturated heterocycles. The van der Waals surface area contributed by atoms with Crippen molar-refractivity contribution in [3.05, 3.63) is 47.7 Å². The predicted octanol–water partition coefficient (Wildman–Crippen LogP) is 1.98. The van der Waals surface area contributed by atoms with Gasteiger partial charge in [0.05, 0.1) is 17.0 Å². The highest BCUT2D eigenvalue weighted by Crippen LogP contribution is 2.16. The third-order valence-electron chi connectivity index (χ3n) is 3.03. The number of aromatic nitrogens is 2. The van der Waals surface area contributed by atoms with Crippen molar-refractivity contribution in [3.63, 3.8) is 0 Å². The number of amides is 1. The van der Waals surface area contributed by atoms with E-state index in [0.717, 1.165) is 11.2 Å². The van der Waals surface area contributed by atoms with E-state index < -0.39 is 9.84 Å². The number of fused-ring (bicyclic) bond motifs is 1. The van der Waals surface area contributed by atoms with Gasteiger partial charge in [-0.3, -0.25) is 9.20 Å². The molecule has 114 valence electrons. The summed E-state index contributed by atoms with van der Waals surface area (Å²) in [5, 5.41) is 4.61. The van der Waals surface area contributed by atoms with Gasteiger partial charge in [-0.2, -0.15) is 0 Å². The van der Waals surface area contributed by atoms with Crippen LogP contribution in [0.5, 0.6) is 0 Å². The second-order valence-corrected chi connectivity index (χ2v) is 7.74. The molecule has 1 N–H and O–H groups in total. The Bertz CT molecular complexity index is 913. The smallest absolute Gasteiger partial charge is 0.230 e. The van der Waals surface area contributed by atoms with Gasteiger partial charge in [0.2, 0.25) is 5.91 Å². The molecule has 1 amide bonds. The van der Waals surface area contributed by atoms with Gasteiger partial charge in [0.15, 0.2) is 14.8 Å². The maximum absolute atomic E-state index is 12.0. The average Bonchev–Trinajstić information content (AvgIpc) is 2.98. The third kappa shape index (κ3) is 3.18. The lowest BCUT2D eigenvalue weighted by molar-refractivity contribution is -0.115. The normalized spacial score (nSPS) is 11.7. The lowest BCUT2D eigenvalue weighted by Crippen LogP contribution is -2.15. The zero-order valence-electron chi connectivity index (χ0n) is 11.7. The van der Waals surface area contributed by atoms with Crippen LogP contribution in [0.1, 0.15) is 5.69 Å². The van der Waals surface area contributed by atoms with Gasteiger partial charge < -0.3 is 5.32 Å². The zero-order chi connectivity index (χ0) is 15.7. The SMILES string of the molecule is CS(=O)(=O)c1cccc(NC(=O)Cc2cn3ccsc3n2)c1. The first-order valence-electron chi connectivity index (χ1n) is 6.43. The second kappa shape index (κ2) is 5.54. The summed E-state index contributed by atoms with van der Waals surface area (Å²) in [7, 11) is -3.30. The molecule has 3 aromatic rings. The Morgan fingerprint density at radius 3 is 2.95 bits per heavy atom. The summed E-state index contributed by atoms with van der Waals surface area (Å²) >= 11 is 1.50. The number of sulfone groups is 1. The number of carbonyl (C=O) groups excluding carboxylic acids is 1. The van der Waals surface area contributed by atoms with Gasteiger partial charge in [-0.05, 0) is 18.2 Å². The quantitative estimate of drug-likeness (QED) is 0.790. The molecule has 22 heavy (non-hydrogen) atoms. The molecule has 0 fully saturated rings. The fraction of sp³-hybridized carbons (Fsp3) is 0.143. The molecular formula is C14H13N3O3S2. The van der Waals surface area contributed by atoms with E-state index in [1.54, 1.807) is 18.3 Å². The molecule has 0 aliphatic carbocycles. The average molecular weight is 335 g/mol. The lowest BCUT2D eigenvalue weighted by Gasteiger charge is -2.05. The van der Waals surface area contributed by atoms with Crippen LogP contribution in [0.4, 0.5) is 5.69 Å². The van der Waals surface area contributed by atoms with Crippen LogP contribution in [0.2, 0.25) is 0 Å². The van der Waals surface area contributed by atoms with Gasteiger partial charge in [0.25, 0.3) is 0 Å². The number of imidazole rings is 1. The number of nitrogens with zero attached hydrogens (tertiary/aromatic N) is 2. The van der Waals surface area contributed by atoms with E-state index in [1.807, 2.05) is 16.0 Å². The topological polar surface area (TPSA) is 80.5 Å². The van der Waals surface area contributed by atoms with Crippen LogP contribution in [-0.4, -0.2) is 30.0 Å². The standard InChI is InChI=1S/C14H13N3O3S2/c1-22(19,20)12-4-2-3-10(7-12)15-13(18)8-11-9-17-5-6-21-14(17)16-11/h2-7,9H,8H2,1H3,(H,15,18). The number of nitrogens with one attached hydrogen (secondary N) is 1. The molecule has 0 bridgehead atoms. The predicted molar refractivity (Wildman–Crippen MR) is 85.0 cm³/mol. The van der Waals surface area contributed by atoms with Crippen molar-refractivity contribution >= 4 is 37.7 Å². The Labute approximate surface area is 131 Å². The number of hydrogen-bond acceptors (Lipinski definition) is 5. The minimum Gasteiger partial charge on any atom is -0.326 e. The molecule has 8 heteroatoms. The highest BCUT2D eigenvalue weighted by Gasteiger charge is 2.11. The van der Waals surface area contributed by atoms with E-state index in [4.69, 9.17) is 0 Å². The van der Waals surface area contributed by atoms with Gasteiger partial charge in [-0.15, -0.1) is 11.3 Å². The summed E-state index contributed by atoms with van der Waals surface area (Å²) < 4.78 is 24.9. The fourth-order valence-corrected chi connectivity index (χ4v) is 3.42. The first-order chi connectivity index (χ1) is 10.4. The Hall–Kier alpha value is -2.19. The molecule has 0 aliphatic heterocycles. The largest absolute Gasteiger partial charge is 0.326 e. The molecular weight excluding hydrogens is 322 g/mol. The summed E-state index contributed by atoms with van der Waals surface area (Å²) in [5.74, 6) is -0.239. The minimum absolute atomic E-state index is 0.136. The van der Waals surface area contributed by atoms with Crippen molar-refractivity contribution in [1.82, 2.24) is 9.38 Å². The highest BCUT2D eigenvalue weighted by atomic mass is 32.2. The van der Waals surface area contributed by atoms with Crippen LogP contribution >= 0.6 is 11.3 Å². The lowest BCUT2D eigenvalue weighted by atomic mass is 10.3. The molecule has 2 aromatic heterocycles. The first-order valence-corrected chi connectivity index (χ1v) is 9.20. The van der Waals surface area contributed by atoms with Gasteiger partial charge >= 0.3 is 0 Å². The van der Waals surface area contributed by atoms with E-state index in [-0.39, 0.29) is 17.2 Å². The molecule has 0 saturated carbocycles. The Morgan fingerprint density at radius 1 is 1.41 bits per heavy atom. The van der Waals surface area contributed by atoms with Gasteiger partial charge in [-0.1, -0.05) is 6.07 Å². The summed E-state index contributed by atoms with van der Waals surface area (Å²) in [5.41, 5.74) is 1.12. The monoisotopic (exact) mass is 335 g/mol. The van der Waals surface area contributed by atoms with E-state index in [1.165, 1.54) is 23.5 Å². The van der Waals surface area contributed by atoms with Crippen LogP contribution in [0.3, 0.4) is 0 Å². The number of rotatable bonds is 4. The minimum atomic E-state index is -3.30. The molecule has 0 aliphatic rings. The molecule has 3 rings (SSSR count). The Morgan fingerprint density at radius 2 is 2.23 bits per heavy atom. The molecule has 2 heterocycles. The van der Waals surface area contributed by atoms with Gasteiger partial charge in [-0.25, -0.2) is 13.4 Å². The fourth-order valence-electron chi connectivity index (χ4n) is 2.04.